The Hall–Kier alpha value is -3.26. The molecule has 0 heterocycles. The third-order valence-corrected chi connectivity index (χ3v) is 3.46. The Morgan fingerprint density at radius 2 is 1.54 bits per heavy atom. The minimum atomic E-state index is -0.335. The van der Waals surface area contributed by atoms with Gasteiger partial charge in [0.1, 0.15) is 5.75 Å². The number of methoxy groups -OCH3 is 4. The summed E-state index contributed by atoms with van der Waals surface area (Å²) >= 11 is 0. The fourth-order valence-corrected chi connectivity index (χ4v) is 2.19. The van der Waals surface area contributed by atoms with Gasteiger partial charge < -0.3 is 24.4 Å². The normalized spacial score (nSPS) is 10.0. The van der Waals surface area contributed by atoms with E-state index in [0.717, 1.165) is 0 Å². The minimum Gasteiger partial charge on any atom is -0.497 e. The van der Waals surface area contributed by atoms with E-state index in [1.807, 2.05) is 0 Å². The van der Waals surface area contributed by atoms with E-state index in [4.69, 9.17) is 18.9 Å². The molecule has 0 aliphatic heterocycles. The molecule has 26 heavy (non-hydrogen) atoms. The van der Waals surface area contributed by atoms with Crippen LogP contribution >= 0.6 is 0 Å². The number of nitrogens with zero attached hydrogens (tertiary/aromatic N) is 1. The van der Waals surface area contributed by atoms with Crippen molar-refractivity contribution in [2.45, 2.75) is 0 Å². The first-order valence-corrected chi connectivity index (χ1v) is 7.41. The van der Waals surface area contributed by atoms with Gasteiger partial charge in [-0.05, 0) is 36.4 Å². The third kappa shape index (κ3) is 4.64. The number of hydrazone groups is 1. The number of hydrogen-bond donors (Lipinski definition) is 1. The van der Waals surface area contributed by atoms with Crippen LogP contribution in [0.2, 0.25) is 0 Å². The fourth-order valence-electron chi connectivity index (χ4n) is 2.19. The lowest BCUT2D eigenvalue weighted by molar-refractivity contribution is 0.0955. The minimum absolute atomic E-state index is 0. The molecule has 0 spiro atoms. The van der Waals surface area contributed by atoms with E-state index in [2.05, 4.69) is 10.5 Å². The molecule has 8 heteroatoms. The number of carbonyl (C=O) groups excluding carboxylic acids is 1. The second-order valence-electron chi connectivity index (χ2n) is 4.85. The number of ether oxygens (including phenoxy) is 4. The number of nitrogens with one attached hydrogen (secondary N) is 1. The molecule has 1 amide bonds. The predicted molar refractivity (Wildman–Crippen MR) is 97.8 cm³/mol. The Morgan fingerprint density at radius 1 is 0.885 bits per heavy atom. The summed E-state index contributed by atoms with van der Waals surface area (Å²) in [6.07, 6.45) is 1.47. The molecule has 0 fully saturated rings. The van der Waals surface area contributed by atoms with E-state index in [1.165, 1.54) is 20.4 Å². The molecule has 8 nitrogen and oxygen atoms in total. The Balaban J connectivity index is 0.00000338. The summed E-state index contributed by atoms with van der Waals surface area (Å²) in [5.74, 6) is 1.80. The summed E-state index contributed by atoms with van der Waals surface area (Å²) in [5, 5.41) is 3.97. The molecule has 140 valence electrons. The van der Waals surface area contributed by atoms with Crippen molar-refractivity contribution in [3.8, 4) is 23.0 Å². The van der Waals surface area contributed by atoms with Crippen LogP contribution in [0.4, 0.5) is 0 Å². The van der Waals surface area contributed by atoms with E-state index in [0.29, 0.717) is 34.1 Å². The van der Waals surface area contributed by atoms with Gasteiger partial charge in [-0.1, -0.05) is 0 Å². The van der Waals surface area contributed by atoms with Gasteiger partial charge in [0.2, 0.25) is 5.75 Å². The molecule has 0 unspecified atom stereocenters. The highest BCUT2D eigenvalue weighted by molar-refractivity contribution is 5.95. The van der Waals surface area contributed by atoms with E-state index >= 15 is 0 Å². The number of benzene rings is 2. The number of amides is 1. The second kappa shape index (κ2) is 9.90. The molecule has 0 bridgehead atoms. The van der Waals surface area contributed by atoms with Crippen LogP contribution in [0.15, 0.2) is 41.5 Å². The van der Waals surface area contributed by atoms with Crippen molar-refractivity contribution in [1.82, 2.24) is 5.43 Å². The van der Waals surface area contributed by atoms with Crippen LogP contribution in [0.3, 0.4) is 0 Å². The highest BCUT2D eigenvalue weighted by Crippen LogP contribution is 2.38. The van der Waals surface area contributed by atoms with Gasteiger partial charge in [0.05, 0.1) is 34.7 Å². The average molecular weight is 362 g/mol. The molecule has 0 saturated carbocycles. The Bertz CT molecular complexity index is 759. The van der Waals surface area contributed by atoms with E-state index in [1.54, 1.807) is 50.6 Å². The summed E-state index contributed by atoms with van der Waals surface area (Å²) in [7, 11) is 6.15. The molecule has 3 N–H and O–H groups in total. The smallest absolute Gasteiger partial charge is 0.271 e. The van der Waals surface area contributed by atoms with Crippen LogP contribution in [0.1, 0.15) is 15.9 Å². The van der Waals surface area contributed by atoms with Crippen LogP contribution in [0, 0.1) is 0 Å². The molecular formula is C18H22N2O6. The standard InChI is InChI=1S/C18H20N2O5.H2O/c1-22-14-8-5-12(6-9-14)18(21)20-19-11-13-7-10-15(23-2)17(25-4)16(13)24-3;/h5-11H,1-4H3,(H,20,21);1H2/b19-11+;. The van der Waals surface area contributed by atoms with Crippen molar-refractivity contribution in [2.24, 2.45) is 5.10 Å². The lowest BCUT2D eigenvalue weighted by Gasteiger charge is -2.13. The highest BCUT2D eigenvalue weighted by atomic mass is 16.5. The molecule has 2 aromatic rings. The topological polar surface area (TPSA) is 110 Å². The van der Waals surface area contributed by atoms with Crippen molar-refractivity contribution in [3.05, 3.63) is 47.5 Å². The molecule has 0 atom stereocenters. The van der Waals surface area contributed by atoms with Crippen LogP contribution in [-0.4, -0.2) is 46.0 Å². The molecule has 2 aromatic carbocycles. The van der Waals surface area contributed by atoms with Gasteiger partial charge in [-0.25, -0.2) is 5.43 Å². The Morgan fingerprint density at radius 3 is 2.08 bits per heavy atom. The Kier molecular flexibility index (Phi) is 7.91. The molecule has 0 saturated heterocycles. The molecule has 0 aromatic heterocycles. The van der Waals surface area contributed by atoms with Gasteiger partial charge in [-0.3, -0.25) is 4.79 Å². The zero-order chi connectivity index (χ0) is 18.2. The fraction of sp³-hybridized carbons (Fsp3) is 0.222. The molecule has 0 radical (unpaired) electrons. The molecule has 2 rings (SSSR count). The summed E-state index contributed by atoms with van der Waals surface area (Å²) in [4.78, 5) is 12.1. The zero-order valence-electron chi connectivity index (χ0n) is 15.0. The van der Waals surface area contributed by atoms with Crippen molar-refractivity contribution in [3.63, 3.8) is 0 Å². The maximum atomic E-state index is 12.1. The molecule has 0 aliphatic rings. The van der Waals surface area contributed by atoms with Crippen molar-refractivity contribution in [1.29, 1.82) is 0 Å². The van der Waals surface area contributed by atoms with E-state index in [9.17, 15) is 4.79 Å². The predicted octanol–water partition coefficient (Wildman–Crippen LogP) is 1.66. The van der Waals surface area contributed by atoms with Crippen molar-refractivity contribution in [2.75, 3.05) is 28.4 Å². The van der Waals surface area contributed by atoms with Gasteiger partial charge >= 0.3 is 0 Å². The second-order valence-corrected chi connectivity index (χ2v) is 4.85. The van der Waals surface area contributed by atoms with Crippen molar-refractivity contribution < 1.29 is 29.2 Å². The first kappa shape index (κ1) is 20.8. The van der Waals surface area contributed by atoms with E-state index < -0.39 is 0 Å². The lowest BCUT2D eigenvalue weighted by atomic mass is 10.2. The summed E-state index contributed by atoms with van der Waals surface area (Å²) in [6.45, 7) is 0. The maximum Gasteiger partial charge on any atom is 0.271 e. The van der Waals surface area contributed by atoms with Crippen molar-refractivity contribution >= 4 is 12.1 Å². The Labute approximate surface area is 151 Å². The monoisotopic (exact) mass is 362 g/mol. The van der Waals surface area contributed by atoms with Gasteiger partial charge in [0, 0.05) is 11.1 Å². The SMILES string of the molecule is COc1ccc(C(=O)N/N=C/c2ccc(OC)c(OC)c2OC)cc1.O. The maximum absolute atomic E-state index is 12.1. The number of rotatable bonds is 7. The summed E-state index contributed by atoms with van der Waals surface area (Å²) in [5.41, 5.74) is 3.57. The van der Waals surface area contributed by atoms with Gasteiger partial charge in [-0.15, -0.1) is 0 Å². The zero-order valence-corrected chi connectivity index (χ0v) is 15.0. The largest absolute Gasteiger partial charge is 0.497 e. The van der Waals surface area contributed by atoms with Crippen LogP contribution in [0.25, 0.3) is 0 Å². The van der Waals surface area contributed by atoms with Gasteiger partial charge in [-0.2, -0.15) is 5.10 Å². The van der Waals surface area contributed by atoms with E-state index in [-0.39, 0.29) is 11.4 Å². The quantitative estimate of drug-likeness (QED) is 0.595. The first-order valence-electron chi connectivity index (χ1n) is 7.41. The van der Waals surface area contributed by atoms with Crippen LogP contribution < -0.4 is 24.4 Å². The third-order valence-electron chi connectivity index (χ3n) is 3.46. The van der Waals surface area contributed by atoms with Crippen LogP contribution in [0.5, 0.6) is 23.0 Å². The average Bonchev–Trinajstić information content (AvgIpc) is 2.67. The van der Waals surface area contributed by atoms with Gasteiger partial charge in [0.15, 0.2) is 11.5 Å². The lowest BCUT2D eigenvalue weighted by Crippen LogP contribution is -2.17. The molecule has 0 aliphatic carbocycles. The molecular weight excluding hydrogens is 340 g/mol. The summed E-state index contributed by atoms with van der Waals surface area (Å²) < 4.78 is 20.9. The number of carbonyl (C=O) groups is 1. The van der Waals surface area contributed by atoms with Gasteiger partial charge in [0.25, 0.3) is 5.91 Å². The number of hydrogen-bond acceptors (Lipinski definition) is 6. The first-order chi connectivity index (χ1) is 12.1. The van der Waals surface area contributed by atoms with Crippen LogP contribution in [-0.2, 0) is 0 Å². The highest BCUT2D eigenvalue weighted by Gasteiger charge is 2.14. The summed E-state index contributed by atoms with van der Waals surface area (Å²) in [6, 6.07) is 10.2.